The molecule has 0 bridgehead atoms. The molecular formula is C17H35NO. The van der Waals surface area contributed by atoms with E-state index in [1.165, 1.54) is 38.5 Å². The minimum Gasteiger partial charge on any atom is -0.379 e. The summed E-state index contributed by atoms with van der Waals surface area (Å²) in [5.74, 6) is 1.80. The maximum Gasteiger partial charge on any atom is 0.0637 e. The molecule has 1 saturated carbocycles. The van der Waals surface area contributed by atoms with E-state index in [1.54, 1.807) is 0 Å². The standard InChI is InChI=1S/C17H35NO/c1-6-11-18-16(13-17(3,4)19-5)15-10-8-9-14(7-2)12-15/h14-16,18H,6-13H2,1-5H3. The summed E-state index contributed by atoms with van der Waals surface area (Å²) in [5, 5.41) is 3.79. The quantitative estimate of drug-likeness (QED) is 0.706. The van der Waals surface area contributed by atoms with Gasteiger partial charge in [-0.25, -0.2) is 0 Å². The van der Waals surface area contributed by atoms with Gasteiger partial charge in [-0.15, -0.1) is 0 Å². The third-order valence-electron chi connectivity index (χ3n) is 4.89. The largest absolute Gasteiger partial charge is 0.379 e. The van der Waals surface area contributed by atoms with E-state index in [-0.39, 0.29) is 5.60 Å². The first-order valence-corrected chi connectivity index (χ1v) is 8.31. The van der Waals surface area contributed by atoms with Gasteiger partial charge in [0.15, 0.2) is 0 Å². The summed E-state index contributed by atoms with van der Waals surface area (Å²) < 4.78 is 5.65. The molecule has 114 valence electrons. The number of nitrogens with one attached hydrogen (secondary N) is 1. The Labute approximate surface area is 120 Å². The molecule has 0 aromatic carbocycles. The molecule has 0 radical (unpaired) electrons. The van der Waals surface area contributed by atoms with Crippen LogP contribution in [0.4, 0.5) is 0 Å². The molecule has 2 nitrogen and oxygen atoms in total. The summed E-state index contributed by atoms with van der Waals surface area (Å²) >= 11 is 0. The van der Waals surface area contributed by atoms with Crippen molar-refractivity contribution in [2.45, 2.75) is 84.3 Å². The number of rotatable bonds is 8. The second kappa shape index (κ2) is 8.26. The third kappa shape index (κ3) is 5.83. The lowest BCUT2D eigenvalue weighted by Gasteiger charge is -2.38. The number of hydrogen-bond acceptors (Lipinski definition) is 2. The molecule has 1 fully saturated rings. The lowest BCUT2D eigenvalue weighted by Crippen LogP contribution is -2.44. The van der Waals surface area contributed by atoms with Crippen molar-refractivity contribution in [3.8, 4) is 0 Å². The Morgan fingerprint density at radius 1 is 1.26 bits per heavy atom. The van der Waals surface area contributed by atoms with Crippen LogP contribution in [0.5, 0.6) is 0 Å². The van der Waals surface area contributed by atoms with Crippen LogP contribution < -0.4 is 5.32 Å². The molecule has 2 heteroatoms. The average molecular weight is 269 g/mol. The summed E-state index contributed by atoms with van der Waals surface area (Å²) in [6.07, 6.45) is 9.38. The SMILES string of the molecule is CCCNC(CC(C)(C)OC)C1CCCC(CC)C1. The van der Waals surface area contributed by atoms with Gasteiger partial charge in [-0.2, -0.15) is 0 Å². The predicted octanol–water partition coefficient (Wildman–Crippen LogP) is 4.39. The highest BCUT2D eigenvalue weighted by atomic mass is 16.5. The highest BCUT2D eigenvalue weighted by Crippen LogP contribution is 2.35. The highest BCUT2D eigenvalue weighted by Gasteiger charge is 2.31. The summed E-state index contributed by atoms with van der Waals surface area (Å²) in [4.78, 5) is 0. The van der Waals surface area contributed by atoms with E-state index in [4.69, 9.17) is 4.74 Å². The molecule has 19 heavy (non-hydrogen) atoms. The molecule has 0 saturated heterocycles. The van der Waals surface area contributed by atoms with E-state index in [9.17, 15) is 0 Å². The van der Waals surface area contributed by atoms with Crippen LogP contribution in [0.25, 0.3) is 0 Å². The van der Waals surface area contributed by atoms with Crippen molar-refractivity contribution in [3.63, 3.8) is 0 Å². The zero-order chi connectivity index (χ0) is 14.3. The molecule has 1 rings (SSSR count). The van der Waals surface area contributed by atoms with Crippen LogP contribution in [0.1, 0.15) is 72.6 Å². The van der Waals surface area contributed by atoms with Crippen LogP contribution in [0.15, 0.2) is 0 Å². The van der Waals surface area contributed by atoms with E-state index in [0.29, 0.717) is 6.04 Å². The Bertz CT molecular complexity index is 239. The summed E-state index contributed by atoms with van der Waals surface area (Å²) in [5.41, 5.74) is -0.00936. The van der Waals surface area contributed by atoms with Crippen molar-refractivity contribution in [1.29, 1.82) is 0 Å². The number of ether oxygens (including phenoxy) is 1. The zero-order valence-electron chi connectivity index (χ0n) is 13.8. The van der Waals surface area contributed by atoms with Crippen molar-refractivity contribution in [1.82, 2.24) is 5.32 Å². The first-order chi connectivity index (χ1) is 9.02. The Morgan fingerprint density at radius 3 is 2.58 bits per heavy atom. The predicted molar refractivity (Wildman–Crippen MR) is 83.5 cm³/mol. The van der Waals surface area contributed by atoms with Gasteiger partial charge in [0, 0.05) is 13.2 Å². The monoisotopic (exact) mass is 269 g/mol. The molecule has 3 unspecified atom stereocenters. The smallest absolute Gasteiger partial charge is 0.0637 e. The van der Waals surface area contributed by atoms with Crippen LogP contribution in [0.2, 0.25) is 0 Å². The molecule has 0 spiro atoms. The van der Waals surface area contributed by atoms with Crippen molar-refractivity contribution < 1.29 is 4.74 Å². The second-order valence-corrected chi connectivity index (χ2v) is 6.93. The maximum atomic E-state index is 5.65. The Balaban J connectivity index is 2.61. The van der Waals surface area contributed by atoms with Crippen LogP contribution >= 0.6 is 0 Å². The van der Waals surface area contributed by atoms with Crippen LogP contribution in [0, 0.1) is 11.8 Å². The second-order valence-electron chi connectivity index (χ2n) is 6.93. The fourth-order valence-electron chi connectivity index (χ4n) is 3.42. The Kier molecular flexibility index (Phi) is 7.38. The Morgan fingerprint density at radius 2 is 2.00 bits per heavy atom. The first-order valence-electron chi connectivity index (χ1n) is 8.31. The van der Waals surface area contributed by atoms with Crippen molar-refractivity contribution in [3.05, 3.63) is 0 Å². The van der Waals surface area contributed by atoms with Gasteiger partial charge < -0.3 is 10.1 Å². The number of methoxy groups -OCH3 is 1. The van der Waals surface area contributed by atoms with Gasteiger partial charge in [0.2, 0.25) is 0 Å². The molecule has 0 heterocycles. The summed E-state index contributed by atoms with van der Waals surface area (Å²) in [7, 11) is 1.84. The molecule has 0 aliphatic heterocycles. The van der Waals surface area contributed by atoms with Gasteiger partial charge in [0.1, 0.15) is 0 Å². The highest BCUT2D eigenvalue weighted by molar-refractivity contribution is 4.87. The molecule has 3 atom stereocenters. The van der Waals surface area contributed by atoms with Crippen molar-refractivity contribution >= 4 is 0 Å². The lowest BCUT2D eigenvalue weighted by molar-refractivity contribution is -0.00209. The molecule has 1 aliphatic carbocycles. The molecule has 0 aromatic rings. The van der Waals surface area contributed by atoms with Gasteiger partial charge in [0.25, 0.3) is 0 Å². The van der Waals surface area contributed by atoms with Crippen LogP contribution in [-0.2, 0) is 4.74 Å². The van der Waals surface area contributed by atoms with Crippen molar-refractivity contribution in [2.24, 2.45) is 11.8 Å². The fraction of sp³-hybridized carbons (Fsp3) is 1.00. The fourth-order valence-corrected chi connectivity index (χ4v) is 3.42. The molecular weight excluding hydrogens is 234 g/mol. The van der Waals surface area contributed by atoms with Crippen molar-refractivity contribution in [2.75, 3.05) is 13.7 Å². The molecule has 1 aliphatic rings. The molecule has 0 amide bonds. The topological polar surface area (TPSA) is 21.3 Å². The van der Waals surface area contributed by atoms with Gasteiger partial charge in [-0.3, -0.25) is 0 Å². The normalized spacial score (nSPS) is 26.4. The van der Waals surface area contributed by atoms with E-state index < -0.39 is 0 Å². The van der Waals surface area contributed by atoms with E-state index in [2.05, 4.69) is 33.0 Å². The minimum absolute atomic E-state index is 0.00936. The average Bonchev–Trinajstić information content (AvgIpc) is 2.43. The van der Waals surface area contributed by atoms with E-state index >= 15 is 0 Å². The summed E-state index contributed by atoms with van der Waals surface area (Å²) in [6.45, 7) is 10.2. The van der Waals surface area contributed by atoms with Crippen LogP contribution in [-0.4, -0.2) is 25.3 Å². The third-order valence-corrected chi connectivity index (χ3v) is 4.89. The number of hydrogen-bond donors (Lipinski definition) is 1. The zero-order valence-corrected chi connectivity index (χ0v) is 13.8. The van der Waals surface area contributed by atoms with Gasteiger partial charge >= 0.3 is 0 Å². The van der Waals surface area contributed by atoms with E-state index in [1.807, 2.05) is 7.11 Å². The summed E-state index contributed by atoms with van der Waals surface area (Å²) in [6, 6.07) is 0.629. The van der Waals surface area contributed by atoms with E-state index in [0.717, 1.165) is 24.8 Å². The molecule has 0 aromatic heterocycles. The lowest BCUT2D eigenvalue weighted by atomic mass is 9.74. The van der Waals surface area contributed by atoms with Crippen LogP contribution in [0.3, 0.4) is 0 Å². The molecule has 1 N–H and O–H groups in total. The maximum absolute atomic E-state index is 5.65. The van der Waals surface area contributed by atoms with Gasteiger partial charge in [0.05, 0.1) is 5.60 Å². The van der Waals surface area contributed by atoms with Gasteiger partial charge in [-0.05, 0) is 57.9 Å². The Hall–Kier alpha value is -0.0800. The van der Waals surface area contributed by atoms with Gasteiger partial charge in [-0.1, -0.05) is 33.1 Å². The minimum atomic E-state index is -0.00936. The first kappa shape index (κ1) is 17.0.